The number of furan rings is 1. The van der Waals surface area contributed by atoms with Crippen molar-refractivity contribution in [3.05, 3.63) is 212 Å². The zero-order valence-electron chi connectivity index (χ0n) is 31.0. The predicted octanol–water partition coefficient (Wildman–Crippen LogP) is 16.1. The molecule has 0 aliphatic carbocycles. The third kappa shape index (κ3) is 5.88. The Labute approximate surface area is 335 Å². The molecule has 0 fully saturated rings. The molecule has 0 bridgehead atoms. The minimum Gasteiger partial charge on any atom is -0.456 e. The molecule has 9 aromatic carbocycles. The molecule has 57 heavy (non-hydrogen) atoms. The summed E-state index contributed by atoms with van der Waals surface area (Å²) in [5.41, 5.74) is 14.6. The number of hydrogen-bond donors (Lipinski definition) is 0. The third-order valence-electron chi connectivity index (χ3n) is 11.1. The summed E-state index contributed by atoms with van der Waals surface area (Å²) in [5, 5.41) is 4.81. The number of thiophene rings is 1. The summed E-state index contributed by atoms with van der Waals surface area (Å²) >= 11 is 1.86. The SMILES string of the molecule is c1ccc(-c2ccc(-c3ccc(N(c4ccc(-c5ccc6oc7ccccc7c6c5)c(-c5ccccc5)c4)c4cccc5c4sc4ccccc45)cc3)cc2)cc1. The Morgan fingerprint density at radius 1 is 0.333 bits per heavy atom. The number of para-hydroxylation sites is 1. The monoisotopic (exact) mass is 745 g/mol. The average Bonchev–Trinajstić information content (AvgIpc) is 3.86. The van der Waals surface area contributed by atoms with Gasteiger partial charge in [0.25, 0.3) is 0 Å². The Bertz CT molecular complexity index is 3210. The average molecular weight is 746 g/mol. The van der Waals surface area contributed by atoms with Crippen LogP contribution in [0.2, 0.25) is 0 Å². The summed E-state index contributed by atoms with van der Waals surface area (Å²) in [5.74, 6) is 0. The molecule has 0 spiro atoms. The summed E-state index contributed by atoms with van der Waals surface area (Å²) < 4.78 is 8.77. The number of hydrogen-bond acceptors (Lipinski definition) is 3. The molecule has 11 aromatic rings. The first-order valence-electron chi connectivity index (χ1n) is 19.3. The van der Waals surface area contributed by atoms with E-state index in [1.54, 1.807) is 0 Å². The van der Waals surface area contributed by atoms with Gasteiger partial charge in [-0.25, -0.2) is 0 Å². The summed E-state index contributed by atoms with van der Waals surface area (Å²) in [7, 11) is 0. The van der Waals surface area contributed by atoms with E-state index >= 15 is 0 Å². The van der Waals surface area contributed by atoms with Gasteiger partial charge in [0.15, 0.2) is 0 Å². The van der Waals surface area contributed by atoms with Crippen LogP contribution in [0.4, 0.5) is 17.1 Å². The standard InChI is InChI=1S/C54H35NOS/c1-3-12-36(13-4-1)37-22-24-38(25-23-37)39-26-29-42(30-27-39)55(50-19-11-18-47-46-17-8-10-21-53(46)57-54(47)50)43-31-32-44(48(35-43)40-14-5-2-6-15-40)41-28-33-52-49(34-41)45-16-7-9-20-51(45)56-52/h1-35H. The summed E-state index contributed by atoms with van der Waals surface area (Å²) in [4.78, 5) is 2.43. The van der Waals surface area contributed by atoms with Gasteiger partial charge in [0.1, 0.15) is 11.2 Å². The fraction of sp³-hybridized carbons (Fsp3) is 0. The van der Waals surface area contributed by atoms with E-state index in [2.05, 4.69) is 205 Å². The largest absolute Gasteiger partial charge is 0.456 e. The summed E-state index contributed by atoms with van der Waals surface area (Å²) in [6, 6.07) is 76.5. The lowest BCUT2D eigenvalue weighted by atomic mass is 9.92. The van der Waals surface area contributed by atoms with E-state index in [0.717, 1.165) is 44.6 Å². The van der Waals surface area contributed by atoms with E-state index in [9.17, 15) is 0 Å². The first kappa shape index (κ1) is 33.2. The van der Waals surface area contributed by atoms with Gasteiger partial charge in [0, 0.05) is 37.6 Å². The van der Waals surface area contributed by atoms with E-state index in [4.69, 9.17) is 4.42 Å². The third-order valence-corrected chi connectivity index (χ3v) is 12.3. The molecule has 0 atom stereocenters. The second-order valence-electron chi connectivity index (χ2n) is 14.5. The molecule has 2 aromatic heterocycles. The number of benzene rings is 9. The maximum Gasteiger partial charge on any atom is 0.135 e. The molecule has 268 valence electrons. The molecule has 11 rings (SSSR count). The van der Waals surface area contributed by atoms with Gasteiger partial charge in [0.2, 0.25) is 0 Å². The van der Waals surface area contributed by atoms with Crippen molar-refractivity contribution in [2.24, 2.45) is 0 Å². The van der Waals surface area contributed by atoms with Crippen molar-refractivity contribution in [1.29, 1.82) is 0 Å². The normalized spacial score (nSPS) is 11.5. The maximum absolute atomic E-state index is 6.22. The minimum atomic E-state index is 0.899. The second kappa shape index (κ2) is 13.8. The summed E-state index contributed by atoms with van der Waals surface area (Å²) in [6.07, 6.45) is 0. The topological polar surface area (TPSA) is 16.4 Å². The highest BCUT2D eigenvalue weighted by Gasteiger charge is 2.21. The van der Waals surface area contributed by atoms with E-state index in [-0.39, 0.29) is 0 Å². The molecule has 0 saturated carbocycles. The van der Waals surface area contributed by atoms with Crippen LogP contribution < -0.4 is 4.90 Å². The van der Waals surface area contributed by atoms with Gasteiger partial charge in [-0.15, -0.1) is 11.3 Å². The molecule has 2 heterocycles. The maximum atomic E-state index is 6.22. The van der Waals surface area contributed by atoms with Gasteiger partial charge in [-0.3, -0.25) is 0 Å². The Morgan fingerprint density at radius 2 is 0.895 bits per heavy atom. The lowest BCUT2D eigenvalue weighted by Crippen LogP contribution is -2.10. The minimum absolute atomic E-state index is 0.899. The van der Waals surface area contributed by atoms with Gasteiger partial charge in [-0.1, -0.05) is 158 Å². The zero-order chi connectivity index (χ0) is 37.7. The smallest absolute Gasteiger partial charge is 0.135 e. The highest BCUT2D eigenvalue weighted by molar-refractivity contribution is 7.26. The lowest BCUT2D eigenvalue weighted by Gasteiger charge is -2.27. The Morgan fingerprint density at radius 3 is 1.65 bits per heavy atom. The molecule has 0 saturated heterocycles. The van der Waals surface area contributed by atoms with Crippen LogP contribution >= 0.6 is 11.3 Å². The van der Waals surface area contributed by atoms with E-state index < -0.39 is 0 Å². The molecule has 0 amide bonds. The molecule has 0 aliphatic rings. The fourth-order valence-corrected chi connectivity index (χ4v) is 9.50. The number of fused-ring (bicyclic) bond motifs is 6. The van der Waals surface area contributed by atoms with Crippen LogP contribution in [0.1, 0.15) is 0 Å². The van der Waals surface area contributed by atoms with Gasteiger partial charge >= 0.3 is 0 Å². The molecule has 0 N–H and O–H groups in total. The van der Waals surface area contributed by atoms with Crippen molar-refractivity contribution >= 4 is 70.5 Å². The molecule has 0 unspecified atom stereocenters. The summed E-state index contributed by atoms with van der Waals surface area (Å²) in [6.45, 7) is 0. The van der Waals surface area contributed by atoms with Crippen LogP contribution in [0, 0.1) is 0 Å². The van der Waals surface area contributed by atoms with Crippen LogP contribution in [0.15, 0.2) is 217 Å². The molecule has 0 aliphatic heterocycles. The lowest BCUT2D eigenvalue weighted by molar-refractivity contribution is 0.669. The van der Waals surface area contributed by atoms with Gasteiger partial charge in [-0.2, -0.15) is 0 Å². The molecular formula is C54H35NOS. The van der Waals surface area contributed by atoms with Crippen molar-refractivity contribution in [2.45, 2.75) is 0 Å². The Kier molecular flexibility index (Phi) is 8.04. The molecular weight excluding hydrogens is 711 g/mol. The first-order chi connectivity index (χ1) is 28.2. The van der Waals surface area contributed by atoms with Crippen molar-refractivity contribution in [3.63, 3.8) is 0 Å². The first-order valence-corrected chi connectivity index (χ1v) is 20.1. The second-order valence-corrected chi connectivity index (χ2v) is 15.5. The number of nitrogens with zero attached hydrogens (tertiary/aromatic N) is 1. The van der Waals surface area contributed by atoms with E-state index in [0.29, 0.717) is 0 Å². The quantitative estimate of drug-likeness (QED) is 0.162. The van der Waals surface area contributed by atoms with Crippen molar-refractivity contribution < 1.29 is 4.42 Å². The van der Waals surface area contributed by atoms with Gasteiger partial charge < -0.3 is 9.32 Å². The zero-order valence-corrected chi connectivity index (χ0v) is 31.8. The molecule has 2 nitrogen and oxygen atoms in total. The van der Waals surface area contributed by atoms with Gasteiger partial charge in [-0.05, 0) is 99.1 Å². The van der Waals surface area contributed by atoms with Crippen molar-refractivity contribution in [2.75, 3.05) is 4.90 Å². The van der Waals surface area contributed by atoms with E-state index in [1.807, 2.05) is 23.5 Å². The van der Waals surface area contributed by atoms with Crippen LogP contribution in [0.5, 0.6) is 0 Å². The van der Waals surface area contributed by atoms with Crippen LogP contribution in [-0.4, -0.2) is 0 Å². The van der Waals surface area contributed by atoms with E-state index in [1.165, 1.54) is 59.1 Å². The highest BCUT2D eigenvalue weighted by atomic mass is 32.1. The predicted molar refractivity (Wildman–Crippen MR) is 243 cm³/mol. The number of rotatable bonds is 7. The Hall–Kier alpha value is -7.20. The van der Waals surface area contributed by atoms with Crippen molar-refractivity contribution in [1.82, 2.24) is 0 Å². The van der Waals surface area contributed by atoms with Gasteiger partial charge in [0.05, 0.1) is 10.4 Å². The van der Waals surface area contributed by atoms with Crippen LogP contribution in [0.3, 0.4) is 0 Å². The fourth-order valence-electron chi connectivity index (χ4n) is 8.30. The highest BCUT2D eigenvalue weighted by Crippen LogP contribution is 2.47. The van der Waals surface area contributed by atoms with Crippen molar-refractivity contribution in [3.8, 4) is 44.5 Å². The number of anilines is 3. The molecule has 0 radical (unpaired) electrons. The Balaban J connectivity index is 1.07. The van der Waals surface area contributed by atoms with Crippen LogP contribution in [0.25, 0.3) is 86.6 Å². The molecule has 3 heteroatoms. The van der Waals surface area contributed by atoms with Crippen LogP contribution in [-0.2, 0) is 0 Å².